The van der Waals surface area contributed by atoms with E-state index in [1.165, 1.54) is 0 Å². The number of rotatable bonds is 3. The lowest BCUT2D eigenvalue weighted by Crippen LogP contribution is -2.04. The standard InChI is InChI=1S/C8H9N3S2/c1-9-3-8-11-6(4-12-8)7-2-10-5-13-7/h2,4-5,9H,3H2,1H3. The van der Waals surface area contributed by atoms with E-state index in [0.29, 0.717) is 0 Å². The molecular weight excluding hydrogens is 202 g/mol. The molecule has 2 aromatic rings. The molecule has 2 aromatic heterocycles. The molecule has 0 bridgehead atoms. The monoisotopic (exact) mass is 211 g/mol. The van der Waals surface area contributed by atoms with Crippen molar-refractivity contribution in [3.63, 3.8) is 0 Å². The average molecular weight is 211 g/mol. The van der Waals surface area contributed by atoms with Crippen molar-refractivity contribution >= 4 is 22.7 Å². The highest BCUT2D eigenvalue weighted by atomic mass is 32.1. The third kappa shape index (κ3) is 1.93. The lowest BCUT2D eigenvalue weighted by atomic mass is 10.4. The second kappa shape index (κ2) is 3.95. The molecule has 13 heavy (non-hydrogen) atoms. The minimum absolute atomic E-state index is 0.837. The minimum atomic E-state index is 0.837. The fourth-order valence-electron chi connectivity index (χ4n) is 0.999. The molecule has 0 aliphatic rings. The summed E-state index contributed by atoms with van der Waals surface area (Å²) in [5.74, 6) is 0. The van der Waals surface area contributed by atoms with E-state index in [1.54, 1.807) is 22.7 Å². The van der Waals surface area contributed by atoms with Crippen LogP contribution in [0.1, 0.15) is 5.01 Å². The molecule has 0 spiro atoms. The molecule has 5 heteroatoms. The predicted molar refractivity (Wildman–Crippen MR) is 56.0 cm³/mol. The zero-order valence-electron chi connectivity index (χ0n) is 7.15. The van der Waals surface area contributed by atoms with E-state index in [1.807, 2.05) is 18.8 Å². The lowest BCUT2D eigenvalue weighted by Gasteiger charge is -1.90. The largest absolute Gasteiger partial charge is 0.314 e. The highest BCUT2D eigenvalue weighted by Gasteiger charge is 2.04. The van der Waals surface area contributed by atoms with Crippen molar-refractivity contribution in [3.8, 4) is 10.6 Å². The molecule has 0 radical (unpaired) electrons. The molecule has 0 fully saturated rings. The third-order valence-corrected chi connectivity index (χ3v) is 3.21. The molecule has 0 aliphatic carbocycles. The molecule has 2 heterocycles. The van der Waals surface area contributed by atoms with Gasteiger partial charge >= 0.3 is 0 Å². The zero-order valence-corrected chi connectivity index (χ0v) is 8.78. The van der Waals surface area contributed by atoms with Gasteiger partial charge in [-0.1, -0.05) is 0 Å². The van der Waals surface area contributed by atoms with Gasteiger partial charge in [0.25, 0.3) is 0 Å². The van der Waals surface area contributed by atoms with Crippen LogP contribution in [0.25, 0.3) is 10.6 Å². The summed E-state index contributed by atoms with van der Waals surface area (Å²) in [5.41, 5.74) is 2.87. The summed E-state index contributed by atoms with van der Waals surface area (Å²) in [7, 11) is 1.92. The molecule has 0 aromatic carbocycles. The Morgan fingerprint density at radius 3 is 3.08 bits per heavy atom. The maximum Gasteiger partial charge on any atom is 0.107 e. The summed E-state index contributed by atoms with van der Waals surface area (Å²) in [4.78, 5) is 9.63. The zero-order chi connectivity index (χ0) is 9.10. The number of hydrogen-bond acceptors (Lipinski definition) is 5. The van der Waals surface area contributed by atoms with E-state index in [-0.39, 0.29) is 0 Å². The van der Waals surface area contributed by atoms with Gasteiger partial charge in [-0.25, -0.2) is 4.98 Å². The highest BCUT2D eigenvalue weighted by Crippen LogP contribution is 2.24. The van der Waals surface area contributed by atoms with Gasteiger partial charge < -0.3 is 5.32 Å². The van der Waals surface area contributed by atoms with Crippen LogP contribution >= 0.6 is 22.7 Å². The first-order valence-corrected chi connectivity index (χ1v) is 5.64. The average Bonchev–Trinajstić information content (AvgIpc) is 2.70. The summed E-state index contributed by atoms with van der Waals surface area (Å²) in [6.45, 7) is 0.837. The number of thiazole rings is 2. The fourth-order valence-corrected chi connectivity index (χ4v) is 2.46. The van der Waals surface area contributed by atoms with E-state index >= 15 is 0 Å². The van der Waals surface area contributed by atoms with Crippen LogP contribution in [-0.4, -0.2) is 17.0 Å². The second-order valence-corrected chi connectivity index (χ2v) is 4.35. The highest BCUT2D eigenvalue weighted by molar-refractivity contribution is 7.14. The van der Waals surface area contributed by atoms with Crippen molar-refractivity contribution in [2.45, 2.75) is 6.54 Å². The van der Waals surface area contributed by atoms with Crippen LogP contribution in [0, 0.1) is 0 Å². The van der Waals surface area contributed by atoms with Gasteiger partial charge in [-0.3, -0.25) is 4.98 Å². The van der Waals surface area contributed by atoms with Crippen molar-refractivity contribution in [2.24, 2.45) is 0 Å². The van der Waals surface area contributed by atoms with Crippen molar-refractivity contribution < 1.29 is 0 Å². The second-order valence-electron chi connectivity index (χ2n) is 2.52. The molecule has 1 N–H and O–H groups in total. The molecule has 2 rings (SSSR count). The topological polar surface area (TPSA) is 37.8 Å². The van der Waals surface area contributed by atoms with Crippen LogP contribution in [0.4, 0.5) is 0 Å². The maximum atomic E-state index is 4.47. The van der Waals surface area contributed by atoms with Crippen LogP contribution in [0.3, 0.4) is 0 Å². The number of hydrogen-bond donors (Lipinski definition) is 1. The van der Waals surface area contributed by atoms with Crippen LogP contribution < -0.4 is 5.32 Å². The summed E-state index contributed by atoms with van der Waals surface area (Å²) in [5, 5.41) is 6.26. The molecule has 68 valence electrons. The van der Waals surface area contributed by atoms with Crippen molar-refractivity contribution in [2.75, 3.05) is 7.05 Å². The van der Waals surface area contributed by atoms with Gasteiger partial charge in [-0.05, 0) is 7.05 Å². The van der Waals surface area contributed by atoms with Crippen LogP contribution in [0.5, 0.6) is 0 Å². The first kappa shape index (κ1) is 8.80. The fraction of sp³-hybridized carbons (Fsp3) is 0.250. The Labute approximate surface area is 84.5 Å². The third-order valence-electron chi connectivity index (χ3n) is 1.56. The normalized spacial score (nSPS) is 10.5. The minimum Gasteiger partial charge on any atom is -0.314 e. The summed E-state index contributed by atoms with van der Waals surface area (Å²) < 4.78 is 0. The molecule has 3 nitrogen and oxygen atoms in total. The molecule has 0 aliphatic heterocycles. The van der Waals surface area contributed by atoms with Crippen LogP contribution in [0.15, 0.2) is 17.1 Å². The molecule has 0 amide bonds. The smallest absolute Gasteiger partial charge is 0.107 e. The number of aromatic nitrogens is 2. The summed E-state index contributed by atoms with van der Waals surface area (Å²) in [6, 6.07) is 0. The Morgan fingerprint density at radius 1 is 1.46 bits per heavy atom. The van der Waals surface area contributed by atoms with E-state index < -0.39 is 0 Å². The SMILES string of the molecule is CNCc1nc(-c2cncs2)cs1. The van der Waals surface area contributed by atoms with E-state index in [9.17, 15) is 0 Å². The van der Waals surface area contributed by atoms with Gasteiger partial charge in [0.2, 0.25) is 0 Å². The van der Waals surface area contributed by atoms with Gasteiger partial charge in [-0.15, -0.1) is 22.7 Å². The van der Waals surface area contributed by atoms with Gasteiger partial charge in [0.1, 0.15) is 5.01 Å². The first-order chi connectivity index (χ1) is 6.40. The number of nitrogens with zero attached hydrogens (tertiary/aromatic N) is 2. The van der Waals surface area contributed by atoms with Crippen molar-refractivity contribution in [1.82, 2.24) is 15.3 Å². The van der Waals surface area contributed by atoms with Gasteiger partial charge in [0, 0.05) is 18.1 Å². The first-order valence-electron chi connectivity index (χ1n) is 3.88. The Hall–Kier alpha value is -0.780. The predicted octanol–water partition coefficient (Wildman–Crippen LogP) is 1.99. The molecule has 0 unspecified atom stereocenters. The van der Waals surface area contributed by atoms with E-state index in [4.69, 9.17) is 0 Å². The quantitative estimate of drug-likeness (QED) is 0.843. The Morgan fingerprint density at radius 2 is 2.38 bits per heavy atom. The van der Waals surface area contributed by atoms with Crippen molar-refractivity contribution in [3.05, 3.63) is 22.1 Å². The molecule has 0 saturated carbocycles. The summed E-state index contributed by atoms with van der Waals surface area (Å²) >= 11 is 3.30. The summed E-state index contributed by atoms with van der Waals surface area (Å²) in [6.07, 6.45) is 1.85. The van der Waals surface area contributed by atoms with E-state index in [0.717, 1.165) is 22.1 Å². The number of nitrogens with one attached hydrogen (secondary N) is 1. The van der Waals surface area contributed by atoms with Gasteiger partial charge in [0.05, 0.1) is 16.1 Å². The van der Waals surface area contributed by atoms with Gasteiger partial charge in [-0.2, -0.15) is 0 Å². The molecule has 0 saturated heterocycles. The molecule has 0 atom stereocenters. The van der Waals surface area contributed by atoms with Crippen LogP contribution in [0.2, 0.25) is 0 Å². The Bertz CT molecular complexity index is 366. The molecular formula is C8H9N3S2. The van der Waals surface area contributed by atoms with E-state index in [2.05, 4.69) is 20.7 Å². The Balaban J connectivity index is 2.23. The van der Waals surface area contributed by atoms with Gasteiger partial charge in [0.15, 0.2) is 0 Å². The maximum absolute atomic E-state index is 4.47. The van der Waals surface area contributed by atoms with Crippen molar-refractivity contribution in [1.29, 1.82) is 0 Å². The van der Waals surface area contributed by atoms with Crippen LogP contribution in [-0.2, 0) is 6.54 Å². The lowest BCUT2D eigenvalue weighted by molar-refractivity contribution is 0.811. The Kier molecular flexibility index (Phi) is 2.68.